The van der Waals surface area contributed by atoms with Crippen LogP contribution in [0.4, 0.5) is 17.2 Å². The van der Waals surface area contributed by atoms with Gasteiger partial charge in [-0.2, -0.15) is 0 Å². The van der Waals surface area contributed by atoms with Gasteiger partial charge in [-0.05, 0) is 42.3 Å². The van der Waals surface area contributed by atoms with Gasteiger partial charge in [-0.1, -0.05) is 25.1 Å². The van der Waals surface area contributed by atoms with Crippen molar-refractivity contribution in [3.05, 3.63) is 65.9 Å². The minimum absolute atomic E-state index is 0.201. The first-order valence-electron chi connectivity index (χ1n) is 8.86. The molecule has 0 aliphatic carbocycles. The van der Waals surface area contributed by atoms with Crippen molar-refractivity contribution >= 4 is 23.1 Å². The average molecular weight is 378 g/mol. The summed E-state index contributed by atoms with van der Waals surface area (Å²) in [5, 5.41) is 14.1. The summed E-state index contributed by atoms with van der Waals surface area (Å²) in [4.78, 5) is 12.5. The number of nitrogens with zero attached hydrogens (tertiary/aromatic N) is 2. The van der Waals surface area contributed by atoms with Crippen molar-refractivity contribution in [1.82, 2.24) is 10.2 Å². The van der Waals surface area contributed by atoms with Gasteiger partial charge in [0.25, 0.3) is 5.91 Å². The molecule has 0 aliphatic rings. The minimum Gasteiger partial charge on any atom is -0.497 e. The first-order chi connectivity index (χ1) is 13.6. The lowest BCUT2D eigenvalue weighted by Crippen LogP contribution is -2.15. The van der Waals surface area contributed by atoms with Crippen LogP contribution in [-0.4, -0.2) is 30.3 Å². The van der Waals surface area contributed by atoms with Crippen LogP contribution in [0.1, 0.15) is 23.0 Å². The standard InChI is InChI=1S/C21H22N4O3/c1-4-14-7-5-6-8-16(14)22-20-12-11-18(24-25-20)21(26)23-17-10-9-15(27-2)13-19(17)28-3/h5-13H,4H2,1-3H3,(H,22,25)(H,23,26). The van der Waals surface area contributed by atoms with Crippen molar-refractivity contribution in [1.29, 1.82) is 0 Å². The van der Waals surface area contributed by atoms with Crippen LogP contribution in [0.5, 0.6) is 11.5 Å². The molecule has 7 heteroatoms. The number of methoxy groups -OCH3 is 2. The Morgan fingerprint density at radius 3 is 2.46 bits per heavy atom. The molecule has 3 rings (SSSR count). The molecule has 2 aromatic carbocycles. The van der Waals surface area contributed by atoms with E-state index in [1.807, 2.05) is 18.2 Å². The quantitative estimate of drug-likeness (QED) is 0.645. The van der Waals surface area contributed by atoms with Crippen LogP contribution in [0, 0.1) is 0 Å². The average Bonchev–Trinajstić information content (AvgIpc) is 2.74. The van der Waals surface area contributed by atoms with Gasteiger partial charge in [0.15, 0.2) is 11.5 Å². The number of benzene rings is 2. The third kappa shape index (κ3) is 4.37. The molecule has 1 heterocycles. The van der Waals surface area contributed by atoms with Crippen molar-refractivity contribution in [3.8, 4) is 11.5 Å². The Labute approximate surface area is 163 Å². The highest BCUT2D eigenvalue weighted by molar-refractivity contribution is 6.03. The van der Waals surface area contributed by atoms with Crippen LogP contribution in [0.25, 0.3) is 0 Å². The molecule has 0 spiro atoms. The summed E-state index contributed by atoms with van der Waals surface area (Å²) in [6, 6.07) is 16.5. The lowest BCUT2D eigenvalue weighted by Gasteiger charge is -2.12. The molecule has 0 saturated carbocycles. The summed E-state index contributed by atoms with van der Waals surface area (Å²) < 4.78 is 10.4. The Kier molecular flexibility index (Phi) is 6.06. The van der Waals surface area contributed by atoms with Crippen molar-refractivity contribution in [2.45, 2.75) is 13.3 Å². The second kappa shape index (κ2) is 8.85. The van der Waals surface area contributed by atoms with E-state index >= 15 is 0 Å². The first-order valence-corrected chi connectivity index (χ1v) is 8.86. The van der Waals surface area contributed by atoms with Gasteiger partial charge in [-0.3, -0.25) is 4.79 Å². The monoisotopic (exact) mass is 378 g/mol. The van der Waals surface area contributed by atoms with Crippen LogP contribution in [0.2, 0.25) is 0 Å². The number of aryl methyl sites for hydroxylation is 1. The maximum absolute atomic E-state index is 12.5. The largest absolute Gasteiger partial charge is 0.497 e. The molecule has 0 radical (unpaired) electrons. The maximum atomic E-state index is 12.5. The van der Waals surface area contributed by atoms with E-state index < -0.39 is 0 Å². The van der Waals surface area contributed by atoms with E-state index in [0.717, 1.165) is 12.1 Å². The molecule has 3 aromatic rings. The number of hydrogen-bond donors (Lipinski definition) is 2. The molecule has 0 fully saturated rings. The smallest absolute Gasteiger partial charge is 0.276 e. The number of ether oxygens (including phenoxy) is 2. The van der Waals surface area contributed by atoms with Crippen molar-refractivity contribution < 1.29 is 14.3 Å². The van der Waals surface area contributed by atoms with Crippen LogP contribution in [-0.2, 0) is 6.42 Å². The summed E-state index contributed by atoms with van der Waals surface area (Å²) in [5.74, 6) is 1.32. The number of carbonyl (C=O) groups is 1. The number of anilines is 3. The minimum atomic E-state index is -0.378. The molecule has 0 unspecified atom stereocenters. The summed E-state index contributed by atoms with van der Waals surface area (Å²) >= 11 is 0. The molecule has 144 valence electrons. The number of aromatic nitrogens is 2. The summed E-state index contributed by atoms with van der Waals surface area (Å²) in [5.41, 5.74) is 2.87. The highest BCUT2D eigenvalue weighted by Crippen LogP contribution is 2.29. The fourth-order valence-corrected chi connectivity index (χ4v) is 2.70. The zero-order valence-electron chi connectivity index (χ0n) is 16.0. The third-order valence-electron chi connectivity index (χ3n) is 4.22. The molecule has 0 atom stereocenters. The Morgan fingerprint density at radius 2 is 1.79 bits per heavy atom. The van der Waals surface area contributed by atoms with Gasteiger partial charge in [0.1, 0.15) is 11.5 Å². The summed E-state index contributed by atoms with van der Waals surface area (Å²) in [6.07, 6.45) is 0.904. The van der Waals surface area contributed by atoms with E-state index in [0.29, 0.717) is 23.0 Å². The summed E-state index contributed by atoms with van der Waals surface area (Å²) in [6.45, 7) is 2.09. The number of amides is 1. The molecule has 7 nitrogen and oxygen atoms in total. The van der Waals surface area contributed by atoms with E-state index in [-0.39, 0.29) is 11.6 Å². The third-order valence-corrected chi connectivity index (χ3v) is 4.22. The molecule has 2 N–H and O–H groups in total. The number of carbonyl (C=O) groups excluding carboxylic acids is 1. The van der Waals surface area contributed by atoms with Gasteiger partial charge in [-0.25, -0.2) is 0 Å². The highest BCUT2D eigenvalue weighted by atomic mass is 16.5. The van der Waals surface area contributed by atoms with Gasteiger partial charge in [0.05, 0.1) is 19.9 Å². The first kappa shape index (κ1) is 19.2. The molecule has 0 saturated heterocycles. The second-order valence-corrected chi connectivity index (χ2v) is 5.96. The molecular weight excluding hydrogens is 356 g/mol. The second-order valence-electron chi connectivity index (χ2n) is 5.96. The Bertz CT molecular complexity index is 958. The zero-order chi connectivity index (χ0) is 19.9. The predicted octanol–water partition coefficient (Wildman–Crippen LogP) is 4.05. The van der Waals surface area contributed by atoms with Gasteiger partial charge in [0, 0.05) is 11.8 Å². The van der Waals surface area contributed by atoms with Gasteiger partial charge in [0.2, 0.25) is 0 Å². The van der Waals surface area contributed by atoms with E-state index in [1.165, 1.54) is 12.7 Å². The highest BCUT2D eigenvalue weighted by Gasteiger charge is 2.13. The van der Waals surface area contributed by atoms with Gasteiger partial charge < -0.3 is 20.1 Å². The van der Waals surface area contributed by atoms with Crippen LogP contribution < -0.4 is 20.1 Å². The Hall–Kier alpha value is -3.61. The van der Waals surface area contributed by atoms with E-state index in [2.05, 4.69) is 33.8 Å². The summed E-state index contributed by atoms with van der Waals surface area (Å²) in [7, 11) is 3.09. The van der Waals surface area contributed by atoms with Crippen LogP contribution in [0.3, 0.4) is 0 Å². The Balaban J connectivity index is 1.72. The number of para-hydroxylation sites is 1. The van der Waals surface area contributed by atoms with Crippen molar-refractivity contribution in [2.75, 3.05) is 24.9 Å². The van der Waals surface area contributed by atoms with E-state index in [4.69, 9.17) is 9.47 Å². The fourth-order valence-electron chi connectivity index (χ4n) is 2.70. The number of hydrogen-bond acceptors (Lipinski definition) is 6. The maximum Gasteiger partial charge on any atom is 0.276 e. The zero-order valence-corrected chi connectivity index (χ0v) is 16.0. The SMILES string of the molecule is CCc1ccccc1Nc1ccc(C(=O)Nc2ccc(OC)cc2OC)nn1. The van der Waals surface area contributed by atoms with Crippen molar-refractivity contribution in [3.63, 3.8) is 0 Å². The van der Waals surface area contributed by atoms with E-state index in [1.54, 1.807) is 37.4 Å². The van der Waals surface area contributed by atoms with Crippen molar-refractivity contribution in [2.24, 2.45) is 0 Å². The molecule has 0 bridgehead atoms. The topological polar surface area (TPSA) is 85.4 Å². The molecule has 0 aliphatic heterocycles. The molecule has 28 heavy (non-hydrogen) atoms. The fraction of sp³-hybridized carbons (Fsp3) is 0.190. The lowest BCUT2D eigenvalue weighted by atomic mass is 10.1. The van der Waals surface area contributed by atoms with Gasteiger partial charge in [-0.15, -0.1) is 10.2 Å². The van der Waals surface area contributed by atoms with Crippen LogP contribution >= 0.6 is 0 Å². The lowest BCUT2D eigenvalue weighted by molar-refractivity contribution is 0.102. The number of rotatable bonds is 7. The molecule has 1 aromatic heterocycles. The number of nitrogens with one attached hydrogen (secondary N) is 2. The Morgan fingerprint density at radius 1 is 0.964 bits per heavy atom. The normalized spacial score (nSPS) is 10.2. The predicted molar refractivity (Wildman–Crippen MR) is 109 cm³/mol. The molecule has 1 amide bonds. The molecular formula is C21H22N4O3. The van der Waals surface area contributed by atoms with Gasteiger partial charge >= 0.3 is 0 Å². The van der Waals surface area contributed by atoms with E-state index in [9.17, 15) is 4.79 Å². The van der Waals surface area contributed by atoms with Crippen LogP contribution in [0.15, 0.2) is 54.6 Å².